The Balaban J connectivity index is 2.10. The zero-order chi connectivity index (χ0) is 11.8. The van der Waals surface area contributed by atoms with Crippen molar-refractivity contribution in [3.8, 4) is 6.07 Å². The number of carbonyl (C=O) groups excluding carboxylic acids is 1. The molecular weight excluding hydrogens is 212 g/mol. The molecule has 3 nitrogen and oxygen atoms in total. The van der Waals surface area contributed by atoms with Crippen molar-refractivity contribution in [3.63, 3.8) is 0 Å². The summed E-state index contributed by atoms with van der Waals surface area (Å²) in [7, 11) is 0. The number of aromatic amines is 1. The number of hydrogen-bond donors (Lipinski definition) is 1. The quantitative estimate of drug-likeness (QED) is 0.797. The Morgan fingerprint density at radius 2 is 2.24 bits per heavy atom. The second-order valence-electron chi connectivity index (χ2n) is 4.57. The molecule has 0 amide bonds. The van der Waals surface area contributed by atoms with E-state index in [1.54, 1.807) is 18.3 Å². The fourth-order valence-electron chi connectivity index (χ4n) is 2.28. The second-order valence-corrected chi connectivity index (χ2v) is 4.57. The highest BCUT2D eigenvalue weighted by atomic mass is 16.1. The Morgan fingerprint density at radius 3 is 2.88 bits per heavy atom. The molecule has 1 fully saturated rings. The van der Waals surface area contributed by atoms with E-state index in [4.69, 9.17) is 5.26 Å². The summed E-state index contributed by atoms with van der Waals surface area (Å²) in [5.74, 6) is 0.414. The van der Waals surface area contributed by atoms with Crippen molar-refractivity contribution < 1.29 is 4.79 Å². The summed E-state index contributed by atoms with van der Waals surface area (Å²) in [6, 6.07) is 7.51. The maximum absolute atomic E-state index is 12.2. The number of nitrogens with zero attached hydrogens (tertiary/aromatic N) is 1. The molecule has 3 rings (SSSR count). The van der Waals surface area contributed by atoms with E-state index in [0.29, 0.717) is 5.56 Å². The molecule has 0 unspecified atom stereocenters. The SMILES string of the molecule is N#Cc1ccc2[nH]cc(C(=O)C3CCC3)c2c1. The van der Waals surface area contributed by atoms with Crippen LogP contribution in [0.15, 0.2) is 24.4 Å². The summed E-state index contributed by atoms with van der Waals surface area (Å²) < 4.78 is 0. The van der Waals surface area contributed by atoms with Crippen LogP contribution in [0.3, 0.4) is 0 Å². The van der Waals surface area contributed by atoms with Crippen LogP contribution in [-0.4, -0.2) is 10.8 Å². The highest BCUT2D eigenvalue weighted by Gasteiger charge is 2.27. The molecule has 1 heterocycles. The number of ketones is 1. The van der Waals surface area contributed by atoms with Gasteiger partial charge in [-0.2, -0.15) is 5.26 Å². The molecule has 0 saturated heterocycles. The number of fused-ring (bicyclic) bond motifs is 1. The minimum atomic E-state index is 0.194. The molecule has 1 aromatic carbocycles. The van der Waals surface area contributed by atoms with Gasteiger partial charge in [-0.25, -0.2) is 0 Å². The van der Waals surface area contributed by atoms with Gasteiger partial charge in [-0.1, -0.05) is 6.42 Å². The van der Waals surface area contributed by atoms with Crippen LogP contribution in [0.1, 0.15) is 35.2 Å². The first-order valence-corrected chi connectivity index (χ1v) is 5.85. The molecule has 84 valence electrons. The van der Waals surface area contributed by atoms with E-state index in [9.17, 15) is 4.79 Å². The molecule has 1 aliphatic carbocycles. The Labute approximate surface area is 99.1 Å². The van der Waals surface area contributed by atoms with Crippen LogP contribution in [0.25, 0.3) is 10.9 Å². The number of H-pyrrole nitrogens is 1. The number of aromatic nitrogens is 1. The molecule has 0 aliphatic heterocycles. The standard InChI is InChI=1S/C14H12N2O/c15-7-9-4-5-13-11(6-9)12(8-16-13)14(17)10-2-1-3-10/h4-6,8,10,16H,1-3H2. The molecule has 1 aliphatic rings. The monoisotopic (exact) mass is 224 g/mol. The summed E-state index contributed by atoms with van der Waals surface area (Å²) in [6.07, 6.45) is 4.93. The van der Waals surface area contributed by atoms with Gasteiger partial charge in [0.1, 0.15) is 0 Å². The Kier molecular flexibility index (Phi) is 2.22. The zero-order valence-corrected chi connectivity index (χ0v) is 9.36. The molecule has 1 saturated carbocycles. The van der Waals surface area contributed by atoms with E-state index >= 15 is 0 Å². The van der Waals surface area contributed by atoms with Crippen molar-refractivity contribution in [2.75, 3.05) is 0 Å². The van der Waals surface area contributed by atoms with Crippen molar-refractivity contribution >= 4 is 16.7 Å². The lowest BCUT2D eigenvalue weighted by atomic mass is 9.80. The summed E-state index contributed by atoms with van der Waals surface area (Å²) in [5.41, 5.74) is 2.26. The van der Waals surface area contributed by atoms with Crippen LogP contribution in [0.2, 0.25) is 0 Å². The van der Waals surface area contributed by atoms with Gasteiger partial charge in [-0.05, 0) is 31.0 Å². The van der Waals surface area contributed by atoms with E-state index in [1.165, 1.54) is 0 Å². The summed E-state index contributed by atoms with van der Waals surface area (Å²) in [5, 5.41) is 9.76. The number of carbonyl (C=O) groups is 1. The highest BCUT2D eigenvalue weighted by Crippen LogP contribution is 2.32. The number of Topliss-reactive ketones (excluding diaryl/α,β-unsaturated/α-hetero) is 1. The fraction of sp³-hybridized carbons (Fsp3) is 0.286. The average molecular weight is 224 g/mol. The minimum Gasteiger partial charge on any atom is -0.360 e. The molecule has 0 atom stereocenters. The molecule has 2 aromatic rings. The number of nitrogens with one attached hydrogen (secondary N) is 1. The number of nitriles is 1. The molecule has 0 bridgehead atoms. The first-order valence-electron chi connectivity index (χ1n) is 5.85. The first kappa shape index (κ1) is 10.1. The molecule has 1 aromatic heterocycles. The molecule has 0 radical (unpaired) electrons. The van der Waals surface area contributed by atoms with E-state index in [-0.39, 0.29) is 11.7 Å². The summed E-state index contributed by atoms with van der Waals surface area (Å²) >= 11 is 0. The molecule has 1 N–H and O–H groups in total. The van der Waals surface area contributed by atoms with Gasteiger partial charge in [0.25, 0.3) is 0 Å². The van der Waals surface area contributed by atoms with E-state index in [2.05, 4.69) is 11.1 Å². The third-order valence-corrected chi connectivity index (χ3v) is 3.55. The zero-order valence-electron chi connectivity index (χ0n) is 9.36. The smallest absolute Gasteiger partial charge is 0.168 e. The van der Waals surface area contributed by atoms with Gasteiger partial charge < -0.3 is 4.98 Å². The lowest BCUT2D eigenvalue weighted by Gasteiger charge is -2.23. The number of hydrogen-bond acceptors (Lipinski definition) is 2. The number of benzene rings is 1. The third-order valence-electron chi connectivity index (χ3n) is 3.55. The Bertz CT molecular complexity index is 629. The van der Waals surface area contributed by atoms with E-state index < -0.39 is 0 Å². The van der Waals surface area contributed by atoms with Crippen LogP contribution >= 0.6 is 0 Å². The normalized spacial score (nSPS) is 15.5. The fourth-order valence-corrected chi connectivity index (χ4v) is 2.28. The van der Waals surface area contributed by atoms with Gasteiger partial charge in [-0.3, -0.25) is 4.79 Å². The van der Waals surface area contributed by atoms with Gasteiger partial charge in [-0.15, -0.1) is 0 Å². The minimum absolute atomic E-state index is 0.194. The summed E-state index contributed by atoms with van der Waals surface area (Å²) in [4.78, 5) is 15.3. The van der Waals surface area contributed by atoms with Crippen molar-refractivity contribution in [1.82, 2.24) is 4.98 Å². The molecule has 3 heteroatoms. The number of rotatable bonds is 2. The second kappa shape index (κ2) is 3.74. The van der Waals surface area contributed by atoms with Crippen molar-refractivity contribution in [1.29, 1.82) is 5.26 Å². The topological polar surface area (TPSA) is 56.6 Å². The van der Waals surface area contributed by atoms with Crippen molar-refractivity contribution in [3.05, 3.63) is 35.5 Å². The Hall–Kier alpha value is -2.08. The van der Waals surface area contributed by atoms with Crippen LogP contribution in [0.5, 0.6) is 0 Å². The Morgan fingerprint density at radius 1 is 1.41 bits per heavy atom. The largest absolute Gasteiger partial charge is 0.360 e. The predicted molar refractivity (Wildman–Crippen MR) is 64.7 cm³/mol. The maximum Gasteiger partial charge on any atom is 0.168 e. The lowest BCUT2D eigenvalue weighted by Crippen LogP contribution is -2.21. The third kappa shape index (κ3) is 1.53. The molecule has 17 heavy (non-hydrogen) atoms. The summed E-state index contributed by atoms with van der Waals surface area (Å²) in [6.45, 7) is 0. The van der Waals surface area contributed by atoms with Gasteiger partial charge in [0.15, 0.2) is 5.78 Å². The van der Waals surface area contributed by atoms with Crippen molar-refractivity contribution in [2.24, 2.45) is 5.92 Å². The maximum atomic E-state index is 12.2. The first-order chi connectivity index (χ1) is 8.29. The molecular formula is C14H12N2O. The van der Waals surface area contributed by atoms with Gasteiger partial charge in [0.2, 0.25) is 0 Å². The average Bonchev–Trinajstić information content (AvgIpc) is 2.68. The van der Waals surface area contributed by atoms with Gasteiger partial charge in [0.05, 0.1) is 11.6 Å². The highest BCUT2D eigenvalue weighted by molar-refractivity contribution is 6.09. The molecule has 0 spiro atoms. The van der Waals surface area contributed by atoms with E-state index in [0.717, 1.165) is 35.7 Å². The lowest BCUT2D eigenvalue weighted by molar-refractivity contribution is 0.0857. The van der Waals surface area contributed by atoms with E-state index in [1.807, 2.05) is 6.07 Å². The van der Waals surface area contributed by atoms with Crippen LogP contribution in [0.4, 0.5) is 0 Å². The van der Waals surface area contributed by atoms with Gasteiger partial charge >= 0.3 is 0 Å². The van der Waals surface area contributed by atoms with Crippen LogP contribution in [0, 0.1) is 17.2 Å². The van der Waals surface area contributed by atoms with Crippen LogP contribution < -0.4 is 0 Å². The van der Waals surface area contributed by atoms with Crippen LogP contribution in [-0.2, 0) is 0 Å². The predicted octanol–water partition coefficient (Wildman–Crippen LogP) is 3.02. The van der Waals surface area contributed by atoms with Crippen molar-refractivity contribution in [2.45, 2.75) is 19.3 Å². The van der Waals surface area contributed by atoms with Gasteiger partial charge in [0, 0.05) is 28.6 Å².